The van der Waals surface area contributed by atoms with Crippen molar-refractivity contribution in [3.8, 4) is 5.75 Å². The normalized spacial score (nSPS) is 18.4. The number of hydrogen-bond donors (Lipinski definition) is 2. The number of aromatic nitrogens is 1. The van der Waals surface area contributed by atoms with E-state index in [1.54, 1.807) is 17.4 Å². The third kappa shape index (κ3) is 4.23. The number of thiazole rings is 1. The van der Waals surface area contributed by atoms with Gasteiger partial charge in [0.2, 0.25) is 0 Å². The summed E-state index contributed by atoms with van der Waals surface area (Å²) in [6.45, 7) is 4.97. The van der Waals surface area contributed by atoms with Crippen LogP contribution < -0.4 is 5.32 Å². The number of anilines is 2. The van der Waals surface area contributed by atoms with E-state index in [0.29, 0.717) is 11.8 Å². The van der Waals surface area contributed by atoms with Gasteiger partial charge in [0.1, 0.15) is 16.4 Å². The first-order chi connectivity index (χ1) is 15.6. The molecule has 0 saturated carbocycles. The first-order valence-corrected chi connectivity index (χ1v) is 12.1. The van der Waals surface area contributed by atoms with E-state index in [0.717, 1.165) is 71.8 Å². The maximum Gasteiger partial charge on any atom is 0.158 e. The zero-order chi connectivity index (χ0) is 22.1. The fourth-order valence-corrected chi connectivity index (χ4v) is 5.35. The van der Waals surface area contributed by atoms with Crippen molar-refractivity contribution in [3.05, 3.63) is 64.8 Å². The van der Waals surface area contributed by atoms with Gasteiger partial charge in [0.25, 0.3) is 0 Å². The standard InChI is InChI=1S/C25H29N5OS/c1-3-22-28-23-24(26-20-9-4-5-10-21(20)27-25(23)32-22)30-14-13-29(2)18(16-30)12-11-17-7-6-8-19(31)15-17/h4-10,15,18,27,31H,3,11-14,16H2,1-2H3/t18-/m0/s1. The van der Waals surface area contributed by atoms with Crippen LogP contribution in [-0.2, 0) is 12.8 Å². The zero-order valence-corrected chi connectivity index (χ0v) is 19.4. The molecule has 0 bridgehead atoms. The molecule has 1 fully saturated rings. The van der Waals surface area contributed by atoms with Crippen molar-refractivity contribution < 1.29 is 5.11 Å². The second kappa shape index (κ2) is 8.92. The number of aryl methyl sites for hydroxylation is 2. The molecule has 2 aromatic carbocycles. The second-order valence-corrected chi connectivity index (χ2v) is 9.59. The van der Waals surface area contributed by atoms with Gasteiger partial charge in [-0.25, -0.2) is 9.98 Å². The lowest BCUT2D eigenvalue weighted by molar-refractivity contribution is 0.134. The number of phenolic OH excluding ortho intramolecular Hbond substituents is 1. The number of rotatable bonds is 4. The molecule has 0 amide bonds. The number of amidine groups is 1. The molecule has 2 aliphatic heterocycles. The Balaban J connectivity index is 1.42. The molecule has 1 atom stereocenters. The number of fused-ring (bicyclic) bond motifs is 2. The lowest BCUT2D eigenvalue weighted by Crippen LogP contribution is -2.53. The molecule has 0 spiro atoms. The van der Waals surface area contributed by atoms with Crippen LogP contribution in [0.4, 0.5) is 16.4 Å². The van der Waals surface area contributed by atoms with Crippen LogP contribution in [-0.4, -0.2) is 58.4 Å². The number of benzene rings is 2. The number of nitrogens with one attached hydrogen (secondary N) is 1. The second-order valence-electron chi connectivity index (χ2n) is 8.51. The first kappa shape index (κ1) is 21.0. The molecule has 3 aromatic rings. The molecular weight excluding hydrogens is 418 g/mol. The van der Waals surface area contributed by atoms with Gasteiger partial charge in [0.15, 0.2) is 5.84 Å². The molecule has 0 radical (unpaired) electrons. The number of hydrogen-bond acceptors (Lipinski definition) is 7. The van der Waals surface area contributed by atoms with Crippen LogP contribution in [0.25, 0.3) is 0 Å². The highest BCUT2D eigenvalue weighted by Crippen LogP contribution is 2.38. The summed E-state index contributed by atoms with van der Waals surface area (Å²) >= 11 is 1.73. The van der Waals surface area contributed by atoms with Crippen molar-refractivity contribution in [2.45, 2.75) is 32.2 Å². The molecular formula is C25H29N5OS. The average Bonchev–Trinajstić information content (AvgIpc) is 3.14. The molecule has 0 aliphatic carbocycles. The van der Waals surface area contributed by atoms with E-state index < -0.39 is 0 Å². The molecule has 2 aliphatic rings. The quantitative estimate of drug-likeness (QED) is 0.602. The molecule has 5 rings (SSSR count). The SMILES string of the molecule is CCc1nc2c(s1)Nc1ccccc1N=C2N1CCN(C)[C@@H](CCc2cccc(O)c2)C1. The average molecular weight is 448 g/mol. The maximum atomic E-state index is 9.79. The number of aromatic hydroxyl groups is 1. The minimum absolute atomic E-state index is 0.336. The minimum Gasteiger partial charge on any atom is -0.508 e. The summed E-state index contributed by atoms with van der Waals surface area (Å²) < 4.78 is 0. The number of nitrogens with zero attached hydrogens (tertiary/aromatic N) is 4. The van der Waals surface area contributed by atoms with Crippen molar-refractivity contribution >= 4 is 33.5 Å². The number of phenols is 1. The number of likely N-dealkylation sites (N-methyl/N-ethyl adjacent to an activating group) is 1. The maximum absolute atomic E-state index is 9.79. The summed E-state index contributed by atoms with van der Waals surface area (Å²) in [5.41, 5.74) is 4.14. The Bertz CT molecular complexity index is 1140. The topological polar surface area (TPSA) is 64.0 Å². The van der Waals surface area contributed by atoms with Crippen molar-refractivity contribution in [3.63, 3.8) is 0 Å². The molecule has 7 heteroatoms. The van der Waals surface area contributed by atoms with Crippen molar-refractivity contribution in [1.82, 2.24) is 14.8 Å². The van der Waals surface area contributed by atoms with Crippen LogP contribution in [0.1, 0.15) is 29.6 Å². The van der Waals surface area contributed by atoms with Gasteiger partial charge in [-0.15, -0.1) is 11.3 Å². The molecule has 32 heavy (non-hydrogen) atoms. The van der Waals surface area contributed by atoms with Gasteiger partial charge in [-0.05, 0) is 56.1 Å². The van der Waals surface area contributed by atoms with Crippen LogP contribution in [0.2, 0.25) is 0 Å². The summed E-state index contributed by atoms with van der Waals surface area (Å²) in [7, 11) is 2.21. The Labute approximate surface area is 193 Å². The third-order valence-corrected chi connectivity index (χ3v) is 7.43. The molecule has 3 heterocycles. The van der Waals surface area contributed by atoms with Gasteiger partial charge in [-0.2, -0.15) is 0 Å². The third-order valence-electron chi connectivity index (χ3n) is 6.32. The van der Waals surface area contributed by atoms with Crippen molar-refractivity contribution in [1.29, 1.82) is 0 Å². The summed E-state index contributed by atoms with van der Waals surface area (Å²) in [6.07, 6.45) is 2.89. The number of para-hydroxylation sites is 2. The Morgan fingerprint density at radius 3 is 2.88 bits per heavy atom. The predicted octanol–water partition coefficient (Wildman–Crippen LogP) is 4.80. The highest BCUT2D eigenvalue weighted by molar-refractivity contribution is 7.16. The Kier molecular flexibility index (Phi) is 5.85. The Hall–Kier alpha value is -2.90. The van der Waals surface area contributed by atoms with E-state index in [2.05, 4.69) is 47.3 Å². The summed E-state index contributed by atoms with van der Waals surface area (Å²) in [5, 5.41) is 15.6. The summed E-state index contributed by atoms with van der Waals surface area (Å²) in [5.74, 6) is 1.31. The van der Waals surface area contributed by atoms with Gasteiger partial charge in [-0.1, -0.05) is 31.2 Å². The van der Waals surface area contributed by atoms with Crippen LogP contribution in [0, 0.1) is 0 Å². The lowest BCUT2D eigenvalue weighted by Gasteiger charge is -2.40. The van der Waals surface area contributed by atoms with Crippen molar-refractivity contribution in [2.75, 3.05) is 32.0 Å². The molecule has 2 N–H and O–H groups in total. The molecule has 0 unspecified atom stereocenters. The van der Waals surface area contributed by atoms with E-state index in [1.165, 1.54) is 5.56 Å². The largest absolute Gasteiger partial charge is 0.508 e. The Morgan fingerprint density at radius 1 is 1.16 bits per heavy atom. The van der Waals surface area contributed by atoms with E-state index in [4.69, 9.17) is 9.98 Å². The van der Waals surface area contributed by atoms with E-state index in [1.807, 2.05) is 24.3 Å². The number of piperazine rings is 1. The van der Waals surface area contributed by atoms with Gasteiger partial charge >= 0.3 is 0 Å². The summed E-state index contributed by atoms with van der Waals surface area (Å²) in [4.78, 5) is 14.9. The highest BCUT2D eigenvalue weighted by atomic mass is 32.1. The van der Waals surface area contributed by atoms with E-state index >= 15 is 0 Å². The molecule has 1 aromatic heterocycles. The smallest absolute Gasteiger partial charge is 0.158 e. The van der Waals surface area contributed by atoms with Crippen LogP contribution in [0.5, 0.6) is 5.75 Å². The van der Waals surface area contributed by atoms with Crippen LogP contribution >= 0.6 is 11.3 Å². The van der Waals surface area contributed by atoms with Crippen LogP contribution in [0.15, 0.2) is 53.5 Å². The monoisotopic (exact) mass is 447 g/mol. The molecule has 166 valence electrons. The lowest BCUT2D eigenvalue weighted by atomic mass is 10.0. The zero-order valence-electron chi connectivity index (χ0n) is 18.6. The fourth-order valence-electron chi connectivity index (χ4n) is 4.43. The van der Waals surface area contributed by atoms with E-state index in [9.17, 15) is 5.11 Å². The fraction of sp³-hybridized carbons (Fsp3) is 0.360. The van der Waals surface area contributed by atoms with Gasteiger partial charge in [-0.3, -0.25) is 4.90 Å². The first-order valence-electron chi connectivity index (χ1n) is 11.3. The highest BCUT2D eigenvalue weighted by Gasteiger charge is 2.31. The molecule has 6 nitrogen and oxygen atoms in total. The van der Waals surface area contributed by atoms with E-state index in [-0.39, 0.29) is 0 Å². The number of aliphatic imine (C=N–C) groups is 1. The van der Waals surface area contributed by atoms with Crippen molar-refractivity contribution in [2.24, 2.45) is 4.99 Å². The Morgan fingerprint density at radius 2 is 2.03 bits per heavy atom. The summed E-state index contributed by atoms with van der Waals surface area (Å²) in [6, 6.07) is 16.2. The van der Waals surface area contributed by atoms with Gasteiger partial charge in [0.05, 0.1) is 16.4 Å². The van der Waals surface area contributed by atoms with Gasteiger partial charge < -0.3 is 15.3 Å². The molecule has 1 saturated heterocycles. The van der Waals surface area contributed by atoms with Crippen LogP contribution in [0.3, 0.4) is 0 Å². The predicted molar refractivity (Wildman–Crippen MR) is 132 cm³/mol. The van der Waals surface area contributed by atoms with Gasteiger partial charge in [0, 0.05) is 25.7 Å². The minimum atomic E-state index is 0.336.